The second-order valence-electron chi connectivity index (χ2n) is 3.81. The van der Waals surface area contributed by atoms with Crippen LogP contribution in [-0.4, -0.2) is 11.5 Å². The molecule has 1 aromatic heterocycles. The number of benzene rings is 1. The van der Waals surface area contributed by atoms with Gasteiger partial charge in [-0.3, -0.25) is 0 Å². The number of rotatable bonds is 4. The van der Waals surface area contributed by atoms with E-state index in [1.165, 1.54) is 0 Å². The van der Waals surface area contributed by atoms with Gasteiger partial charge in [-0.25, -0.2) is 18.2 Å². The van der Waals surface area contributed by atoms with Crippen molar-refractivity contribution in [3.8, 4) is 0 Å². The van der Waals surface area contributed by atoms with Crippen LogP contribution in [0.2, 0.25) is 0 Å². The van der Waals surface area contributed by atoms with Gasteiger partial charge in [-0.1, -0.05) is 6.07 Å². The Morgan fingerprint density at radius 3 is 2.32 bits per heavy atom. The average molecular weight is 267 g/mol. The number of anilines is 3. The summed E-state index contributed by atoms with van der Waals surface area (Å²) in [7, 11) is 0. The van der Waals surface area contributed by atoms with Gasteiger partial charge in [0.1, 0.15) is 23.1 Å². The zero-order valence-corrected chi connectivity index (χ0v) is 10.2. The smallest absolute Gasteiger partial charge is 0.152 e. The maximum absolute atomic E-state index is 13.5. The van der Waals surface area contributed by atoms with Gasteiger partial charge in [-0.15, -0.1) is 0 Å². The Morgan fingerprint density at radius 2 is 1.68 bits per heavy atom. The molecule has 2 N–H and O–H groups in total. The fourth-order valence-corrected chi connectivity index (χ4v) is 1.57. The van der Waals surface area contributed by atoms with Crippen molar-refractivity contribution in [2.75, 3.05) is 17.2 Å². The third kappa shape index (κ3) is 3.15. The van der Waals surface area contributed by atoms with Crippen molar-refractivity contribution in [1.29, 1.82) is 0 Å². The van der Waals surface area contributed by atoms with Gasteiger partial charge in [-0.05, 0) is 19.1 Å². The molecule has 2 aromatic rings. The first-order valence-corrected chi connectivity index (χ1v) is 5.72. The highest BCUT2D eigenvalue weighted by Gasteiger charge is 2.12. The number of pyridine rings is 1. The van der Waals surface area contributed by atoms with Crippen LogP contribution in [0, 0.1) is 17.5 Å². The second kappa shape index (κ2) is 5.60. The van der Waals surface area contributed by atoms with Crippen molar-refractivity contribution in [1.82, 2.24) is 4.98 Å². The van der Waals surface area contributed by atoms with E-state index in [-0.39, 0.29) is 5.82 Å². The van der Waals surface area contributed by atoms with Crippen LogP contribution < -0.4 is 10.6 Å². The summed E-state index contributed by atoms with van der Waals surface area (Å²) in [5, 5.41) is 5.47. The maximum atomic E-state index is 13.5. The first-order chi connectivity index (χ1) is 9.10. The van der Waals surface area contributed by atoms with Crippen molar-refractivity contribution >= 4 is 17.3 Å². The standard InChI is InChI=1S/C13H12F3N3/c1-2-17-11-4-3-5-12(18-11)19-13-9(15)6-8(14)7-10(13)16/h3-7H,2H2,1H3,(H2,17,18,19). The molecule has 0 radical (unpaired) electrons. The highest BCUT2D eigenvalue weighted by atomic mass is 19.1. The predicted octanol–water partition coefficient (Wildman–Crippen LogP) is 3.67. The summed E-state index contributed by atoms with van der Waals surface area (Å²) < 4.78 is 39.7. The Labute approximate surface area is 108 Å². The highest BCUT2D eigenvalue weighted by Crippen LogP contribution is 2.24. The molecule has 0 bridgehead atoms. The number of nitrogens with zero attached hydrogens (tertiary/aromatic N) is 1. The summed E-state index contributed by atoms with van der Waals surface area (Å²) in [4.78, 5) is 4.11. The summed E-state index contributed by atoms with van der Waals surface area (Å²) in [6.07, 6.45) is 0. The highest BCUT2D eigenvalue weighted by molar-refractivity contribution is 5.59. The molecule has 6 heteroatoms. The molecule has 0 fully saturated rings. The monoisotopic (exact) mass is 267 g/mol. The maximum Gasteiger partial charge on any atom is 0.152 e. The third-order valence-electron chi connectivity index (χ3n) is 2.37. The first kappa shape index (κ1) is 13.2. The Kier molecular flexibility index (Phi) is 3.89. The van der Waals surface area contributed by atoms with Crippen LogP contribution in [0.3, 0.4) is 0 Å². The molecular formula is C13H12F3N3. The molecule has 1 heterocycles. The van der Waals surface area contributed by atoms with Crippen LogP contribution in [-0.2, 0) is 0 Å². The van der Waals surface area contributed by atoms with Crippen LogP contribution in [0.1, 0.15) is 6.92 Å². The summed E-state index contributed by atoms with van der Waals surface area (Å²) >= 11 is 0. The van der Waals surface area contributed by atoms with E-state index in [4.69, 9.17) is 0 Å². The third-order valence-corrected chi connectivity index (χ3v) is 2.37. The number of hydrogen-bond donors (Lipinski definition) is 2. The fourth-order valence-electron chi connectivity index (χ4n) is 1.57. The molecule has 0 saturated heterocycles. The van der Waals surface area contributed by atoms with E-state index in [1.807, 2.05) is 6.92 Å². The lowest BCUT2D eigenvalue weighted by atomic mass is 10.2. The van der Waals surface area contributed by atoms with Gasteiger partial charge in [0.2, 0.25) is 0 Å². The van der Waals surface area contributed by atoms with Gasteiger partial charge in [0.15, 0.2) is 11.6 Å². The molecule has 19 heavy (non-hydrogen) atoms. The summed E-state index contributed by atoms with van der Waals surface area (Å²) in [5.74, 6) is -2.13. The Morgan fingerprint density at radius 1 is 1.05 bits per heavy atom. The van der Waals surface area contributed by atoms with Gasteiger partial charge in [0, 0.05) is 18.7 Å². The molecule has 0 aliphatic heterocycles. The van der Waals surface area contributed by atoms with Crippen LogP contribution >= 0.6 is 0 Å². The largest absolute Gasteiger partial charge is 0.370 e. The summed E-state index contributed by atoms with van der Waals surface area (Å²) in [6, 6.07) is 6.20. The average Bonchev–Trinajstić information content (AvgIpc) is 2.35. The van der Waals surface area contributed by atoms with Crippen molar-refractivity contribution in [3.05, 3.63) is 47.8 Å². The number of aromatic nitrogens is 1. The van der Waals surface area contributed by atoms with Crippen molar-refractivity contribution in [2.45, 2.75) is 6.92 Å². The minimum absolute atomic E-state index is 0.267. The minimum Gasteiger partial charge on any atom is -0.370 e. The van der Waals surface area contributed by atoms with E-state index in [0.29, 0.717) is 24.5 Å². The van der Waals surface area contributed by atoms with E-state index in [9.17, 15) is 13.2 Å². The quantitative estimate of drug-likeness (QED) is 0.887. The normalized spacial score (nSPS) is 10.3. The molecule has 0 atom stereocenters. The first-order valence-electron chi connectivity index (χ1n) is 5.72. The van der Waals surface area contributed by atoms with Crippen molar-refractivity contribution < 1.29 is 13.2 Å². The Hall–Kier alpha value is -2.24. The molecule has 1 aromatic carbocycles. The van der Waals surface area contributed by atoms with E-state index in [2.05, 4.69) is 15.6 Å². The Balaban J connectivity index is 2.28. The lowest BCUT2D eigenvalue weighted by Crippen LogP contribution is -2.03. The van der Waals surface area contributed by atoms with Gasteiger partial charge in [0.05, 0.1) is 0 Å². The fraction of sp³-hybridized carbons (Fsp3) is 0.154. The van der Waals surface area contributed by atoms with Crippen LogP contribution in [0.25, 0.3) is 0 Å². The topological polar surface area (TPSA) is 37.0 Å². The molecular weight excluding hydrogens is 255 g/mol. The van der Waals surface area contributed by atoms with E-state index >= 15 is 0 Å². The molecule has 0 aliphatic carbocycles. The lowest BCUT2D eigenvalue weighted by molar-refractivity contribution is 0.549. The van der Waals surface area contributed by atoms with Crippen molar-refractivity contribution in [2.24, 2.45) is 0 Å². The SMILES string of the molecule is CCNc1cccc(Nc2c(F)cc(F)cc2F)n1. The van der Waals surface area contributed by atoms with Gasteiger partial charge in [0.25, 0.3) is 0 Å². The number of halogens is 3. The molecule has 0 saturated carbocycles. The number of hydrogen-bond acceptors (Lipinski definition) is 3. The van der Waals surface area contributed by atoms with Crippen LogP contribution in [0.4, 0.5) is 30.5 Å². The zero-order valence-electron chi connectivity index (χ0n) is 10.2. The molecule has 0 unspecified atom stereocenters. The molecule has 2 rings (SSSR count). The van der Waals surface area contributed by atoms with Gasteiger partial charge >= 0.3 is 0 Å². The van der Waals surface area contributed by atoms with E-state index < -0.39 is 23.1 Å². The van der Waals surface area contributed by atoms with E-state index in [0.717, 1.165) is 0 Å². The predicted molar refractivity (Wildman–Crippen MR) is 68.0 cm³/mol. The van der Waals surface area contributed by atoms with Gasteiger partial charge in [-0.2, -0.15) is 0 Å². The van der Waals surface area contributed by atoms with E-state index in [1.54, 1.807) is 18.2 Å². The molecule has 0 aliphatic rings. The van der Waals surface area contributed by atoms with Crippen LogP contribution in [0.15, 0.2) is 30.3 Å². The molecule has 0 spiro atoms. The van der Waals surface area contributed by atoms with Crippen LogP contribution in [0.5, 0.6) is 0 Å². The molecule has 100 valence electrons. The lowest BCUT2D eigenvalue weighted by Gasteiger charge is -2.09. The zero-order chi connectivity index (χ0) is 13.8. The second-order valence-corrected chi connectivity index (χ2v) is 3.81. The van der Waals surface area contributed by atoms with Crippen molar-refractivity contribution in [3.63, 3.8) is 0 Å². The molecule has 0 amide bonds. The molecule has 3 nitrogen and oxygen atoms in total. The number of nitrogens with one attached hydrogen (secondary N) is 2. The summed E-state index contributed by atoms with van der Waals surface area (Å²) in [6.45, 7) is 2.58. The minimum atomic E-state index is -1.01. The summed E-state index contributed by atoms with van der Waals surface area (Å²) in [5.41, 5.74) is -0.428. The Bertz CT molecular complexity index is 564. The van der Waals surface area contributed by atoms with Gasteiger partial charge < -0.3 is 10.6 Å².